The van der Waals surface area contributed by atoms with Gasteiger partial charge in [0.25, 0.3) is 0 Å². The minimum atomic E-state index is -0.128. The highest BCUT2D eigenvalue weighted by Gasteiger charge is 2.04. The number of imidazole rings is 1. The van der Waals surface area contributed by atoms with Gasteiger partial charge in [0.2, 0.25) is 0 Å². The van der Waals surface area contributed by atoms with Gasteiger partial charge in [0.1, 0.15) is 5.82 Å². The molecule has 0 aliphatic carbocycles. The monoisotopic (exact) mass is 210 g/mol. The first-order chi connectivity index (χ1) is 7.24. The van der Waals surface area contributed by atoms with E-state index in [0.29, 0.717) is 19.6 Å². The Bertz CT molecular complexity index is 307. The van der Waals surface area contributed by atoms with Crippen LogP contribution in [0.1, 0.15) is 32.0 Å². The van der Waals surface area contributed by atoms with Crippen LogP contribution in [-0.4, -0.2) is 22.1 Å². The first kappa shape index (κ1) is 11.8. The fourth-order valence-electron chi connectivity index (χ4n) is 1.25. The van der Waals surface area contributed by atoms with Gasteiger partial charge in [-0.05, 0) is 13.3 Å². The number of esters is 1. The molecule has 0 aliphatic rings. The first-order valence-electron chi connectivity index (χ1n) is 5.37. The number of carbonyl (C=O) groups excluding carboxylic acids is 1. The molecule has 15 heavy (non-hydrogen) atoms. The van der Waals surface area contributed by atoms with Crippen molar-refractivity contribution in [2.45, 2.75) is 39.7 Å². The average Bonchev–Trinajstić information content (AvgIpc) is 2.61. The Kier molecular flexibility index (Phi) is 4.87. The molecule has 0 amide bonds. The van der Waals surface area contributed by atoms with E-state index in [-0.39, 0.29) is 5.97 Å². The fraction of sp³-hybridized carbons (Fsp3) is 0.636. The number of aromatic nitrogens is 2. The van der Waals surface area contributed by atoms with Crippen LogP contribution in [0.25, 0.3) is 0 Å². The van der Waals surface area contributed by atoms with Crippen LogP contribution in [0.5, 0.6) is 0 Å². The number of unbranched alkanes of at least 4 members (excludes halogenated alkanes) is 1. The van der Waals surface area contributed by atoms with Crippen LogP contribution in [0.3, 0.4) is 0 Å². The van der Waals surface area contributed by atoms with Gasteiger partial charge in [-0.3, -0.25) is 4.79 Å². The summed E-state index contributed by atoms with van der Waals surface area (Å²) in [6.45, 7) is 5.18. The number of nitrogens with zero attached hydrogens (tertiary/aromatic N) is 2. The highest BCUT2D eigenvalue weighted by molar-refractivity contribution is 5.69. The molecule has 0 fully saturated rings. The molecule has 0 aliphatic heterocycles. The lowest BCUT2D eigenvalue weighted by atomic mass is 10.3. The molecule has 1 aromatic rings. The Labute approximate surface area is 90.3 Å². The van der Waals surface area contributed by atoms with E-state index in [9.17, 15) is 4.79 Å². The molecule has 0 N–H and O–H groups in total. The molecule has 0 aromatic carbocycles. The van der Waals surface area contributed by atoms with Crippen LogP contribution in [0.15, 0.2) is 12.4 Å². The van der Waals surface area contributed by atoms with Crippen LogP contribution in [0, 0.1) is 6.92 Å². The Morgan fingerprint density at radius 2 is 2.40 bits per heavy atom. The zero-order valence-corrected chi connectivity index (χ0v) is 9.40. The third-order valence-corrected chi connectivity index (χ3v) is 2.24. The van der Waals surface area contributed by atoms with Crippen molar-refractivity contribution in [2.75, 3.05) is 6.61 Å². The topological polar surface area (TPSA) is 44.1 Å². The van der Waals surface area contributed by atoms with Gasteiger partial charge in [-0.25, -0.2) is 4.98 Å². The first-order valence-corrected chi connectivity index (χ1v) is 5.37. The number of rotatable bonds is 6. The summed E-state index contributed by atoms with van der Waals surface area (Å²) in [7, 11) is 0. The van der Waals surface area contributed by atoms with E-state index in [1.165, 1.54) is 0 Å². The molecule has 0 saturated carbocycles. The molecular formula is C11H18N2O2. The molecule has 0 spiro atoms. The highest BCUT2D eigenvalue weighted by atomic mass is 16.5. The Hall–Kier alpha value is -1.32. The maximum atomic E-state index is 11.3. The van der Waals surface area contributed by atoms with Crippen LogP contribution in [0.2, 0.25) is 0 Å². The van der Waals surface area contributed by atoms with Crippen molar-refractivity contribution >= 4 is 5.97 Å². The minimum Gasteiger partial charge on any atom is -0.466 e. The summed E-state index contributed by atoms with van der Waals surface area (Å²) in [4.78, 5) is 15.3. The number of hydrogen-bond acceptors (Lipinski definition) is 3. The summed E-state index contributed by atoms with van der Waals surface area (Å²) in [5.74, 6) is 0.799. The van der Waals surface area contributed by atoms with Crippen LogP contribution in [0.4, 0.5) is 0 Å². The van der Waals surface area contributed by atoms with Gasteiger partial charge in [-0.1, -0.05) is 13.3 Å². The van der Waals surface area contributed by atoms with Crippen LogP contribution < -0.4 is 0 Å². The van der Waals surface area contributed by atoms with E-state index in [0.717, 1.165) is 18.7 Å². The Morgan fingerprint density at radius 3 is 3.00 bits per heavy atom. The second-order valence-corrected chi connectivity index (χ2v) is 3.49. The van der Waals surface area contributed by atoms with Gasteiger partial charge in [-0.15, -0.1) is 0 Å². The lowest BCUT2D eigenvalue weighted by Gasteiger charge is -2.05. The zero-order chi connectivity index (χ0) is 11.1. The quantitative estimate of drug-likeness (QED) is 0.532. The summed E-state index contributed by atoms with van der Waals surface area (Å²) in [6, 6.07) is 0. The normalized spacial score (nSPS) is 10.3. The molecule has 0 bridgehead atoms. The van der Waals surface area contributed by atoms with Gasteiger partial charge in [0, 0.05) is 18.9 Å². The van der Waals surface area contributed by atoms with Crippen molar-refractivity contribution in [3.8, 4) is 0 Å². The minimum absolute atomic E-state index is 0.128. The molecule has 1 heterocycles. The average molecular weight is 210 g/mol. The molecule has 0 radical (unpaired) electrons. The maximum Gasteiger partial charge on any atom is 0.307 e. The summed E-state index contributed by atoms with van der Waals surface area (Å²) in [6.07, 6.45) is 6.01. The lowest BCUT2D eigenvalue weighted by Crippen LogP contribution is -2.10. The maximum absolute atomic E-state index is 11.3. The predicted molar refractivity (Wildman–Crippen MR) is 57.4 cm³/mol. The predicted octanol–water partition coefficient (Wildman–Crippen LogP) is 1.92. The largest absolute Gasteiger partial charge is 0.466 e. The standard InChI is InChI=1S/C11H18N2O2/c1-3-4-9-15-11(14)5-7-13-8-6-12-10(13)2/h6,8H,3-5,7,9H2,1-2H3. The van der Waals surface area contributed by atoms with Crippen molar-refractivity contribution in [2.24, 2.45) is 0 Å². The third kappa shape index (κ3) is 4.14. The summed E-state index contributed by atoms with van der Waals surface area (Å²) >= 11 is 0. The molecule has 0 saturated heterocycles. The summed E-state index contributed by atoms with van der Waals surface area (Å²) < 4.78 is 6.99. The van der Waals surface area contributed by atoms with Crippen molar-refractivity contribution in [1.29, 1.82) is 0 Å². The van der Waals surface area contributed by atoms with Crippen molar-refractivity contribution in [1.82, 2.24) is 9.55 Å². The van der Waals surface area contributed by atoms with Gasteiger partial charge in [0.15, 0.2) is 0 Å². The number of aryl methyl sites for hydroxylation is 2. The van der Waals surface area contributed by atoms with Crippen LogP contribution >= 0.6 is 0 Å². The lowest BCUT2D eigenvalue weighted by molar-refractivity contribution is -0.144. The second-order valence-electron chi connectivity index (χ2n) is 3.49. The zero-order valence-electron chi connectivity index (χ0n) is 9.40. The molecule has 84 valence electrons. The second kappa shape index (κ2) is 6.22. The van der Waals surface area contributed by atoms with Crippen LogP contribution in [-0.2, 0) is 16.1 Å². The van der Waals surface area contributed by atoms with E-state index in [1.54, 1.807) is 6.20 Å². The summed E-state index contributed by atoms with van der Waals surface area (Å²) in [5, 5.41) is 0. The fourth-order valence-corrected chi connectivity index (χ4v) is 1.25. The Morgan fingerprint density at radius 1 is 1.60 bits per heavy atom. The van der Waals surface area contributed by atoms with E-state index in [4.69, 9.17) is 4.74 Å². The van der Waals surface area contributed by atoms with Crippen molar-refractivity contribution < 1.29 is 9.53 Å². The molecule has 1 rings (SSSR count). The van der Waals surface area contributed by atoms with Gasteiger partial charge in [-0.2, -0.15) is 0 Å². The molecular weight excluding hydrogens is 192 g/mol. The SMILES string of the molecule is CCCCOC(=O)CCn1ccnc1C. The number of ether oxygens (including phenoxy) is 1. The molecule has 0 atom stereocenters. The molecule has 0 unspecified atom stereocenters. The van der Waals surface area contributed by atoms with E-state index in [1.807, 2.05) is 17.7 Å². The summed E-state index contributed by atoms with van der Waals surface area (Å²) in [5.41, 5.74) is 0. The molecule has 4 nitrogen and oxygen atoms in total. The van der Waals surface area contributed by atoms with Gasteiger partial charge in [0.05, 0.1) is 13.0 Å². The number of hydrogen-bond donors (Lipinski definition) is 0. The van der Waals surface area contributed by atoms with Gasteiger partial charge >= 0.3 is 5.97 Å². The van der Waals surface area contributed by atoms with E-state index in [2.05, 4.69) is 11.9 Å². The highest BCUT2D eigenvalue weighted by Crippen LogP contribution is 1.99. The Balaban J connectivity index is 2.20. The number of carbonyl (C=O) groups is 1. The van der Waals surface area contributed by atoms with E-state index >= 15 is 0 Å². The molecule has 4 heteroatoms. The van der Waals surface area contributed by atoms with Gasteiger partial charge < -0.3 is 9.30 Å². The smallest absolute Gasteiger partial charge is 0.307 e. The van der Waals surface area contributed by atoms with Crippen molar-refractivity contribution in [3.05, 3.63) is 18.2 Å². The van der Waals surface area contributed by atoms with Crippen molar-refractivity contribution in [3.63, 3.8) is 0 Å². The van der Waals surface area contributed by atoms with E-state index < -0.39 is 0 Å². The third-order valence-electron chi connectivity index (χ3n) is 2.24. The molecule has 1 aromatic heterocycles.